The van der Waals surface area contributed by atoms with Crippen LogP contribution in [0, 0.1) is 0 Å². The first-order valence-corrected chi connectivity index (χ1v) is 8.53. The predicted octanol–water partition coefficient (Wildman–Crippen LogP) is 2.69. The van der Waals surface area contributed by atoms with E-state index in [1.54, 1.807) is 0 Å². The number of nitrogens with one attached hydrogen (secondary N) is 1. The maximum absolute atomic E-state index is 12.5. The highest BCUT2D eigenvalue weighted by atomic mass is 32.2. The van der Waals surface area contributed by atoms with Crippen molar-refractivity contribution in [3.8, 4) is 0 Å². The van der Waals surface area contributed by atoms with Gasteiger partial charge in [-0.05, 0) is 31.9 Å². The Morgan fingerprint density at radius 3 is 2.64 bits per heavy atom. The molecule has 134 valence electrons. The molecule has 1 aliphatic rings. The first-order valence-electron chi connectivity index (χ1n) is 7.65. The second kappa shape index (κ2) is 7.35. The molecule has 2 rings (SSSR count). The van der Waals surface area contributed by atoms with Crippen molar-refractivity contribution in [1.29, 1.82) is 0 Å². The second-order valence-electron chi connectivity index (χ2n) is 6.44. The Balaban J connectivity index is 2.12. The lowest BCUT2D eigenvalue weighted by Gasteiger charge is -2.26. The number of carboxylic acid groups (broad SMARTS) is 1. The fourth-order valence-corrected chi connectivity index (χ4v) is 3.99. The van der Waals surface area contributed by atoms with Crippen molar-refractivity contribution in [3.63, 3.8) is 0 Å². The third-order valence-electron chi connectivity index (χ3n) is 4.09. The molecule has 1 heterocycles. The van der Waals surface area contributed by atoms with Crippen LogP contribution in [0.1, 0.15) is 26.3 Å². The predicted molar refractivity (Wildman–Crippen MR) is 93.8 cm³/mol. The minimum Gasteiger partial charge on any atom is -0.481 e. The van der Waals surface area contributed by atoms with Crippen molar-refractivity contribution in [2.75, 3.05) is 0 Å². The third-order valence-corrected chi connectivity index (χ3v) is 5.76. The average molecular weight is 364 g/mol. The smallest absolute Gasteiger partial charge is 0.324 e. The second-order valence-corrected chi connectivity index (χ2v) is 8.20. The van der Waals surface area contributed by atoms with Crippen molar-refractivity contribution >= 4 is 23.7 Å². The highest BCUT2D eigenvalue weighted by Crippen LogP contribution is 2.43. The average Bonchev–Trinajstić information content (AvgIpc) is 2.89. The standard InChI is InChI=1S/C16H20N4O4S/c1-15(2)11(12(21)24-9-10-7-5-4-6-8-10)18-13(25-15)16(3,14(22)23)19-20-17/h4-8,11,13,18H,9H2,1-3H3,(H,22,23). The summed E-state index contributed by atoms with van der Waals surface area (Å²) in [6, 6.07) is 8.55. The van der Waals surface area contributed by atoms with Crippen molar-refractivity contribution in [2.24, 2.45) is 5.11 Å². The number of hydrogen-bond donors (Lipinski definition) is 2. The molecule has 9 heteroatoms. The third kappa shape index (κ3) is 4.07. The van der Waals surface area contributed by atoms with Gasteiger partial charge in [0, 0.05) is 9.66 Å². The molecule has 25 heavy (non-hydrogen) atoms. The van der Waals surface area contributed by atoms with Crippen molar-refractivity contribution < 1.29 is 19.4 Å². The van der Waals surface area contributed by atoms with E-state index in [1.165, 1.54) is 18.7 Å². The molecule has 1 saturated heterocycles. The molecule has 1 aliphatic heterocycles. The molecule has 0 radical (unpaired) electrons. The summed E-state index contributed by atoms with van der Waals surface area (Å²) < 4.78 is 4.74. The van der Waals surface area contributed by atoms with E-state index in [1.807, 2.05) is 44.2 Å². The summed E-state index contributed by atoms with van der Waals surface area (Å²) in [5.41, 5.74) is 7.84. The van der Waals surface area contributed by atoms with Gasteiger partial charge < -0.3 is 9.84 Å². The summed E-state index contributed by atoms with van der Waals surface area (Å²) in [4.78, 5) is 26.7. The molecular weight excluding hydrogens is 344 g/mol. The molecule has 3 atom stereocenters. The Kier molecular flexibility index (Phi) is 5.62. The summed E-state index contributed by atoms with van der Waals surface area (Å²) in [6.45, 7) is 5.10. The largest absolute Gasteiger partial charge is 0.481 e. The van der Waals surface area contributed by atoms with Gasteiger partial charge in [0.2, 0.25) is 0 Å². The quantitative estimate of drug-likeness (QED) is 0.346. The highest BCUT2D eigenvalue weighted by Gasteiger charge is 2.54. The normalized spacial score (nSPS) is 24.0. The van der Waals surface area contributed by atoms with Crippen LogP contribution >= 0.6 is 11.8 Å². The van der Waals surface area contributed by atoms with Crippen LogP contribution in [0.5, 0.6) is 0 Å². The number of carbonyl (C=O) groups excluding carboxylic acids is 1. The van der Waals surface area contributed by atoms with E-state index in [0.717, 1.165) is 5.56 Å². The topological polar surface area (TPSA) is 124 Å². The summed E-state index contributed by atoms with van der Waals surface area (Å²) in [5, 5.41) is 15.1. The van der Waals surface area contributed by atoms with Crippen LogP contribution in [0.4, 0.5) is 0 Å². The maximum Gasteiger partial charge on any atom is 0.324 e. The SMILES string of the molecule is CC1(C)SC(C(C)(N=[N+]=[N-])C(=O)O)NC1C(=O)OCc1ccccc1. The van der Waals surface area contributed by atoms with E-state index >= 15 is 0 Å². The van der Waals surface area contributed by atoms with Crippen LogP contribution in [0.3, 0.4) is 0 Å². The molecule has 0 saturated carbocycles. The fraction of sp³-hybridized carbons (Fsp3) is 0.500. The molecule has 0 spiro atoms. The van der Waals surface area contributed by atoms with Gasteiger partial charge in [-0.15, -0.1) is 11.8 Å². The molecule has 1 fully saturated rings. The van der Waals surface area contributed by atoms with E-state index in [-0.39, 0.29) is 6.61 Å². The van der Waals surface area contributed by atoms with E-state index in [0.29, 0.717) is 0 Å². The first-order chi connectivity index (χ1) is 11.7. The van der Waals surface area contributed by atoms with Gasteiger partial charge in [0.1, 0.15) is 12.6 Å². The van der Waals surface area contributed by atoms with Gasteiger partial charge in [-0.3, -0.25) is 14.9 Å². The number of rotatable bonds is 6. The molecule has 8 nitrogen and oxygen atoms in total. The van der Waals surface area contributed by atoms with E-state index < -0.39 is 33.6 Å². The van der Waals surface area contributed by atoms with E-state index in [9.17, 15) is 14.7 Å². The molecule has 0 aliphatic carbocycles. The number of aliphatic carboxylic acids is 1. The summed E-state index contributed by atoms with van der Waals surface area (Å²) in [6.07, 6.45) is 0. The van der Waals surface area contributed by atoms with Gasteiger partial charge in [0.05, 0.1) is 5.37 Å². The number of ether oxygens (including phenoxy) is 1. The van der Waals surface area contributed by atoms with Gasteiger partial charge >= 0.3 is 11.9 Å². The Morgan fingerprint density at radius 2 is 2.08 bits per heavy atom. The minimum atomic E-state index is -1.72. The van der Waals surface area contributed by atoms with Crippen LogP contribution in [0.25, 0.3) is 10.4 Å². The lowest BCUT2D eigenvalue weighted by Crippen LogP contribution is -2.52. The number of hydrogen-bond acceptors (Lipinski definition) is 6. The Labute approximate surface area is 149 Å². The number of carboxylic acids is 1. The molecule has 1 aromatic carbocycles. The minimum absolute atomic E-state index is 0.135. The zero-order valence-corrected chi connectivity index (χ0v) is 15.0. The lowest BCUT2D eigenvalue weighted by molar-refractivity contribution is -0.149. The number of esters is 1. The maximum atomic E-state index is 12.5. The molecule has 0 bridgehead atoms. The van der Waals surface area contributed by atoms with Crippen LogP contribution in [0.2, 0.25) is 0 Å². The first kappa shape index (κ1) is 19.1. The monoisotopic (exact) mass is 364 g/mol. The van der Waals surface area contributed by atoms with Gasteiger partial charge in [0.25, 0.3) is 0 Å². The number of benzene rings is 1. The highest BCUT2D eigenvalue weighted by molar-refractivity contribution is 8.01. The lowest BCUT2D eigenvalue weighted by atomic mass is 10.0. The molecule has 3 unspecified atom stereocenters. The molecule has 1 aromatic rings. The van der Waals surface area contributed by atoms with Crippen molar-refractivity contribution in [3.05, 3.63) is 46.3 Å². The van der Waals surface area contributed by atoms with Gasteiger partial charge in [0.15, 0.2) is 5.54 Å². The zero-order chi connectivity index (χ0) is 18.7. The Morgan fingerprint density at radius 1 is 1.44 bits per heavy atom. The number of thioether (sulfide) groups is 1. The van der Waals surface area contributed by atoms with Crippen molar-refractivity contribution in [2.45, 2.75) is 49.1 Å². The van der Waals surface area contributed by atoms with E-state index in [4.69, 9.17) is 10.3 Å². The van der Waals surface area contributed by atoms with Crippen molar-refractivity contribution in [1.82, 2.24) is 5.32 Å². The van der Waals surface area contributed by atoms with Crippen LogP contribution < -0.4 is 5.32 Å². The number of azide groups is 1. The van der Waals surface area contributed by atoms with Crippen LogP contribution in [0.15, 0.2) is 35.4 Å². The Hall–Kier alpha value is -2.22. The summed E-state index contributed by atoms with van der Waals surface area (Å²) in [7, 11) is 0. The molecule has 2 N–H and O–H groups in total. The molecule has 0 amide bonds. The van der Waals surface area contributed by atoms with Crippen LogP contribution in [-0.4, -0.2) is 38.7 Å². The number of carbonyl (C=O) groups is 2. The fourth-order valence-electron chi connectivity index (χ4n) is 2.50. The van der Waals surface area contributed by atoms with Gasteiger partial charge in [-0.2, -0.15) is 0 Å². The summed E-state index contributed by atoms with van der Waals surface area (Å²) >= 11 is 1.24. The van der Waals surface area contributed by atoms with E-state index in [2.05, 4.69) is 15.3 Å². The van der Waals surface area contributed by atoms with Crippen LogP contribution in [-0.2, 0) is 20.9 Å². The number of nitrogens with zero attached hydrogens (tertiary/aromatic N) is 3. The molecule has 0 aromatic heterocycles. The van der Waals surface area contributed by atoms with Gasteiger partial charge in [-0.1, -0.05) is 35.4 Å². The molecular formula is C16H20N4O4S. The Bertz CT molecular complexity index is 701. The summed E-state index contributed by atoms with van der Waals surface area (Å²) in [5.74, 6) is -1.73. The van der Waals surface area contributed by atoms with Gasteiger partial charge in [-0.25, -0.2) is 0 Å². The zero-order valence-electron chi connectivity index (χ0n) is 14.2.